The quantitative estimate of drug-likeness (QED) is 0.482. The molecule has 0 aliphatic carbocycles. The van der Waals surface area contributed by atoms with Gasteiger partial charge in [0.15, 0.2) is 0 Å². The molecule has 0 aromatic rings. The molecule has 0 nitrogen and oxygen atoms in total. The second-order valence-corrected chi connectivity index (χ2v) is 2.73. The molecule has 0 aliphatic heterocycles. The summed E-state index contributed by atoms with van der Waals surface area (Å²) in [5.74, 6) is 0.811. The average Bonchev–Trinajstić information content (AvgIpc) is 1.65. The van der Waals surface area contributed by atoms with Crippen molar-refractivity contribution in [2.75, 3.05) is 0 Å². The fraction of sp³-hybridized carbons (Fsp3) is 0.750. The Kier molecular flexibility index (Phi) is 3.59. The molecule has 0 heteroatoms. The first kappa shape index (κ1) is 7.74. The van der Waals surface area contributed by atoms with Crippen molar-refractivity contribution in [1.29, 1.82) is 0 Å². The van der Waals surface area contributed by atoms with Gasteiger partial charge in [-0.25, -0.2) is 0 Å². The third-order valence-electron chi connectivity index (χ3n) is 1.22. The van der Waals surface area contributed by atoms with Crippen LogP contribution in [0, 0.1) is 5.92 Å². The van der Waals surface area contributed by atoms with Crippen molar-refractivity contribution in [2.45, 2.75) is 34.1 Å². The Morgan fingerprint density at radius 1 is 1.50 bits per heavy atom. The fourth-order valence-electron chi connectivity index (χ4n) is 0.762. The summed E-state index contributed by atoms with van der Waals surface area (Å²) in [5.41, 5.74) is 1.50. The Labute approximate surface area is 52.6 Å². The predicted molar refractivity (Wildman–Crippen MR) is 38.9 cm³/mol. The van der Waals surface area contributed by atoms with Crippen LogP contribution in [0.25, 0.3) is 0 Å². The highest BCUT2D eigenvalue weighted by molar-refractivity contribution is 4.95. The predicted octanol–water partition coefficient (Wildman–Crippen LogP) is 3.00. The number of allylic oxidation sites excluding steroid dienone is 2. The molecular weight excluding hydrogens is 96.1 g/mol. The smallest absolute Gasteiger partial charge is 0.0300 e. The van der Waals surface area contributed by atoms with E-state index in [4.69, 9.17) is 0 Å². The first-order chi connectivity index (χ1) is 3.66. The highest BCUT2D eigenvalue weighted by Gasteiger charge is 1.91. The SMILES string of the molecule is C/C=C(\C)CC(C)C. The van der Waals surface area contributed by atoms with Gasteiger partial charge in [0, 0.05) is 0 Å². The van der Waals surface area contributed by atoms with E-state index in [1.54, 1.807) is 0 Å². The summed E-state index contributed by atoms with van der Waals surface area (Å²) in [5, 5.41) is 0. The Morgan fingerprint density at radius 2 is 2.00 bits per heavy atom. The summed E-state index contributed by atoms with van der Waals surface area (Å²) < 4.78 is 0. The molecule has 48 valence electrons. The van der Waals surface area contributed by atoms with E-state index in [1.807, 2.05) is 0 Å². The molecule has 0 bridgehead atoms. The molecule has 0 saturated carbocycles. The van der Waals surface area contributed by atoms with E-state index in [2.05, 4.69) is 33.8 Å². The lowest BCUT2D eigenvalue weighted by Crippen LogP contribution is -1.86. The standard InChI is InChI=1S/C8H16/c1-5-8(4)6-7(2)3/h5,7H,6H2,1-4H3/b8-5+. The van der Waals surface area contributed by atoms with Gasteiger partial charge in [-0.15, -0.1) is 0 Å². The zero-order chi connectivity index (χ0) is 6.57. The second kappa shape index (κ2) is 3.71. The lowest BCUT2D eigenvalue weighted by atomic mass is 10.0. The normalized spacial score (nSPS) is 12.9. The molecule has 0 amide bonds. The molecule has 0 fully saturated rings. The van der Waals surface area contributed by atoms with Crippen molar-refractivity contribution in [3.8, 4) is 0 Å². The maximum Gasteiger partial charge on any atom is -0.0300 e. The molecule has 0 atom stereocenters. The zero-order valence-corrected chi connectivity index (χ0v) is 6.36. The average molecular weight is 112 g/mol. The Hall–Kier alpha value is -0.260. The van der Waals surface area contributed by atoms with Crippen molar-refractivity contribution in [1.82, 2.24) is 0 Å². The van der Waals surface area contributed by atoms with E-state index in [0.717, 1.165) is 5.92 Å². The molecule has 0 radical (unpaired) electrons. The van der Waals surface area contributed by atoms with E-state index in [1.165, 1.54) is 12.0 Å². The minimum absolute atomic E-state index is 0.811. The molecule has 0 N–H and O–H groups in total. The summed E-state index contributed by atoms with van der Waals surface area (Å²) in [4.78, 5) is 0. The monoisotopic (exact) mass is 112 g/mol. The minimum Gasteiger partial charge on any atom is -0.0887 e. The molecular formula is C8H16. The van der Waals surface area contributed by atoms with Gasteiger partial charge in [-0.1, -0.05) is 25.5 Å². The van der Waals surface area contributed by atoms with Crippen LogP contribution in [-0.4, -0.2) is 0 Å². The van der Waals surface area contributed by atoms with Crippen molar-refractivity contribution in [3.63, 3.8) is 0 Å². The number of rotatable bonds is 2. The van der Waals surface area contributed by atoms with Crippen LogP contribution in [0.4, 0.5) is 0 Å². The highest BCUT2D eigenvalue weighted by Crippen LogP contribution is 2.08. The van der Waals surface area contributed by atoms with Gasteiger partial charge < -0.3 is 0 Å². The Bertz CT molecular complexity index is 78.0. The van der Waals surface area contributed by atoms with Crippen LogP contribution >= 0.6 is 0 Å². The van der Waals surface area contributed by atoms with Crippen LogP contribution in [0.1, 0.15) is 34.1 Å². The van der Waals surface area contributed by atoms with Gasteiger partial charge in [-0.2, -0.15) is 0 Å². The van der Waals surface area contributed by atoms with Crippen LogP contribution in [0.15, 0.2) is 11.6 Å². The van der Waals surface area contributed by atoms with Gasteiger partial charge in [0.05, 0.1) is 0 Å². The van der Waals surface area contributed by atoms with Crippen LogP contribution in [0.3, 0.4) is 0 Å². The van der Waals surface area contributed by atoms with E-state index in [-0.39, 0.29) is 0 Å². The number of hydrogen-bond donors (Lipinski definition) is 0. The molecule has 0 saturated heterocycles. The van der Waals surface area contributed by atoms with Crippen molar-refractivity contribution in [2.24, 2.45) is 5.92 Å². The molecule has 0 rings (SSSR count). The van der Waals surface area contributed by atoms with Gasteiger partial charge in [-0.3, -0.25) is 0 Å². The highest BCUT2D eigenvalue weighted by atomic mass is 14.0. The second-order valence-electron chi connectivity index (χ2n) is 2.73. The summed E-state index contributed by atoms with van der Waals surface area (Å²) >= 11 is 0. The van der Waals surface area contributed by atoms with Gasteiger partial charge in [-0.05, 0) is 26.2 Å². The maximum atomic E-state index is 2.24. The van der Waals surface area contributed by atoms with Crippen LogP contribution < -0.4 is 0 Å². The lowest BCUT2D eigenvalue weighted by Gasteiger charge is -2.01. The molecule has 0 aromatic heterocycles. The van der Waals surface area contributed by atoms with Crippen molar-refractivity contribution >= 4 is 0 Å². The largest absolute Gasteiger partial charge is 0.0887 e. The summed E-state index contributed by atoms with van der Waals surface area (Å²) in [7, 11) is 0. The molecule has 0 heterocycles. The van der Waals surface area contributed by atoms with Gasteiger partial charge in [0.1, 0.15) is 0 Å². The Balaban J connectivity index is 3.39. The van der Waals surface area contributed by atoms with Crippen LogP contribution in [0.2, 0.25) is 0 Å². The van der Waals surface area contributed by atoms with E-state index in [0.29, 0.717) is 0 Å². The Morgan fingerprint density at radius 3 is 2.12 bits per heavy atom. The maximum absolute atomic E-state index is 2.24. The first-order valence-corrected chi connectivity index (χ1v) is 3.28. The van der Waals surface area contributed by atoms with Gasteiger partial charge >= 0.3 is 0 Å². The third-order valence-corrected chi connectivity index (χ3v) is 1.22. The van der Waals surface area contributed by atoms with Gasteiger partial charge in [0.25, 0.3) is 0 Å². The molecule has 8 heavy (non-hydrogen) atoms. The first-order valence-electron chi connectivity index (χ1n) is 3.28. The topological polar surface area (TPSA) is 0 Å². The zero-order valence-electron chi connectivity index (χ0n) is 6.36. The van der Waals surface area contributed by atoms with E-state index < -0.39 is 0 Å². The molecule has 0 spiro atoms. The van der Waals surface area contributed by atoms with Gasteiger partial charge in [0.2, 0.25) is 0 Å². The van der Waals surface area contributed by atoms with E-state index in [9.17, 15) is 0 Å². The van der Waals surface area contributed by atoms with Crippen molar-refractivity contribution < 1.29 is 0 Å². The summed E-state index contributed by atoms with van der Waals surface area (Å²) in [6.07, 6.45) is 3.43. The van der Waals surface area contributed by atoms with E-state index >= 15 is 0 Å². The summed E-state index contributed by atoms with van der Waals surface area (Å²) in [6.45, 7) is 8.76. The van der Waals surface area contributed by atoms with Crippen LogP contribution in [-0.2, 0) is 0 Å². The fourth-order valence-corrected chi connectivity index (χ4v) is 0.762. The summed E-state index contributed by atoms with van der Waals surface area (Å²) in [6, 6.07) is 0. The van der Waals surface area contributed by atoms with Crippen LogP contribution in [0.5, 0.6) is 0 Å². The third kappa shape index (κ3) is 3.91. The van der Waals surface area contributed by atoms with Crippen molar-refractivity contribution in [3.05, 3.63) is 11.6 Å². The lowest BCUT2D eigenvalue weighted by molar-refractivity contribution is 0.642. The molecule has 0 unspecified atom stereocenters. The molecule has 0 aromatic carbocycles. The minimum atomic E-state index is 0.811. The number of hydrogen-bond acceptors (Lipinski definition) is 0. The molecule has 0 aliphatic rings.